The van der Waals surface area contributed by atoms with E-state index >= 15 is 0 Å². The predicted octanol–water partition coefficient (Wildman–Crippen LogP) is 2.68. The summed E-state index contributed by atoms with van der Waals surface area (Å²) >= 11 is 0. The fourth-order valence-electron chi connectivity index (χ4n) is 2.23. The van der Waals surface area contributed by atoms with Crippen LogP contribution in [-0.2, 0) is 13.1 Å². The van der Waals surface area contributed by atoms with Crippen molar-refractivity contribution in [1.29, 1.82) is 5.26 Å². The summed E-state index contributed by atoms with van der Waals surface area (Å²) in [4.78, 5) is 0. The summed E-state index contributed by atoms with van der Waals surface area (Å²) in [6, 6.07) is 4.49. The van der Waals surface area contributed by atoms with Gasteiger partial charge in [-0.2, -0.15) is 5.26 Å². The van der Waals surface area contributed by atoms with Crippen molar-refractivity contribution in [3.05, 3.63) is 24.0 Å². The Morgan fingerprint density at radius 2 is 2.35 bits per heavy atom. The third-order valence-electron chi connectivity index (χ3n) is 3.50. The van der Waals surface area contributed by atoms with Crippen molar-refractivity contribution in [2.75, 3.05) is 6.54 Å². The van der Waals surface area contributed by atoms with Gasteiger partial charge in [0.1, 0.15) is 0 Å². The van der Waals surface area contributed by atoms with E-state index in [2.05, 4.69) is 41.3 Å². The Labute approximate surface area is 103 Å². The number of nitrogens with one attached hydrogen (secondary N) is 1. The van der Waals surface area contributed by atoms with Crippen molar-refractivity contribution < 1.29 is 0 Å². The van der Waals surface area contributed by atoms with Crippen LogP contribution >= 0.6 is 0 Å². The minimum atomic E-state index is 0.294. The van der Waals surface area contributed by atoms with Gasteiger partial charge in [0.2, 0.25) is 0 Å². The molecule has 1 aromatic rings. The van der Waals surface area contributed by atoms with E-state index in [0.29, 0.717) is 11.8 Å². The van der Waals surface area contributed by atoms with Gasteiger partial charge in [-0.3, -0.25) is 0 Å². The molecular weight excluding hydrogens is 210 g/mol. The molecule has 1 aliphatic rings. The van der Waals surface area contributed by atoms with Crippen molar-refractivity contribution in [2.45, 2.75) is 45.7 Å². The Balaban J connectivity index is 1.84. The molecule has 1 aromatic heterocycles. The van der Waals surface area contributed by atoms with Gasteiger partial charge in [0.15, 0.2) is 0 Å². The fraction of sp³-hybridized carbons (Fsp3) is 0.643. The van der Waals surface area contributed by atoms with Crippen LogP contribution in [0, 0.1) is 16.7 Å². The third-order valence-corrected chi connectivity index (χ3v) is 3.50. The van der Waals surface area contributed by atoms with Crippen LogP contribution in [0.4, 0.5) is 0 Å². The van der Waals surface area contributed by atoms with Crippen molar-refractivity contribution in [2.24, 2.45) is 5.41 Å². The SMILES string of the molecule is CCCNCc1ccn(CC2(CC#N)CC2)c1. The van der Waals surface area contributed by atoms with Crippen LogP contribution in [0.3, 0.4) is 0 Å². The van der Waals surface area contributed by atoms with Gasteiger partial charge in [-0.1, -0.05) is 6.92 Å². The minimum Gasteiger partial charge on any atom is -0.353 e. The molecule has 2 rings (SSSR count). The van der Waals surface area contributed by atoms with E-state index < -0.39 is 0 Å². The Morgan fingerprint density at radius 1 is 1.53 bits per heavy atom. The van der Waals surface area contributed by atoms with E-state index in [1.54, 1.807) is 0 Å². The first-order chi connectivity index (χ1) is 8.28. The van der Waals surface area contributed by atoms with E-state index in [0.717, 1.165) is 19.6 Å². The maximum absolute atomic E-state index is 8.80. The molecule has 0 unspecified atom stereocenters. The van der Waals surface area contributed by atoms with Crippen molar-refractivity contribution in [3.63, 3.8) is 0 Å². The second-order valence-corrected chi connectivity index (χ2v) is 5.20. The quantitative estimate of drug-likeness (QED) is 0.733. The Hall–Kier alpha value is -1.27. The third kappa shape index (κ3) is 3.34. The number of rotatable bonds is 7. The topological polar surface area (TPSA) is 40.8 Å². The van der Waals surface area contributed by atoms with Gasteiger partial charge in [0, 0.05) is 37.3 Å². The highest BCUT2D eigenvalue weighted by Gasteiger charge is 2.42. The average Bonchev–Trinajstić information content (AvgIpc) is 2.91. The standard InChI is InChI=1S/C14H21N3/c1-2-8-16-10-13-3-9-17(11-13)12-14(4-5-14)6-7-15/h3,9,11,16H,2,4-6,8,10,12H2,1H3. The zero-order valence-corrected chi connectivity index (χ0v) is 10.6. The van der Waals surface area contributed by atoms with Crippen molar-refractivity contribution in [1.82, 2.24) is 9.88 Å². The maximum atomic E-state index is 8.80. The average molecular weight is 231 g/mol. The second-order valence-electron chi connectivity index (χ2n) is 5.20. The normalized spacial score (nSPS) is 16.7. The zero-order valence-electron chi connectivity index (χ0n) is 10.6. The molecule has 0 atom stereocenters. The van der Waals surface area contributed by atoms with E-state index in [1.165, 1.54) is 24.8 Å². The molecule has 0 aromatic carbocycles. The lowest BCUT2D eigenvalue weighted by Gasteiger charge is -2.11. The lowest BCUT2D eigenvalue weighted by Crippen LogP contribution is -2.13. The van der Waals surface area contributed by atoms with Crippen LogP contribution in [0.15, 0.2) is 18.5 Å². The van der Waals surface area contributed by atoms with Gasteiger partial charge in [-0.15, -0.1) is 0 Å². The lowest BCUT2D eigenvalue weighted by molar-refractivity contribution is 0.432. The van der Waals surface area contributed by atoms with E-state index in [1.807, 2.05) is 0 Å². The summed E-state index contributed by atoms with van der Waals surface area (Å²) in [6.45, 7) is 5.21. The smallest absolute Gasteiger partial charge is 0.0628 e. The van der Waals surface area contributed by atoms with E-state index in [4.69, 9.17) is 5.26 Å². The Bertz CT molecular complexity index is 396. The molecule has 1 saturated carbocycles. The molecule has 1 heterocycles. The molecule has 3 heteroatoms. The minimum absolute atomic E-state index is 0.294. The molecule has 1 N–H and O–H groups in total. The summed E-state index contributed by atoms with van der Waals surface area (Å²) in [6.07, 6.45) is 8.64. The maximum Gasteiger partial charge on any atom is 0.0628 e. The molecule has 0 bridgehead atoms. The number of hydrogen-bond donors (Lipinski definition) is 1. The van der Waals surface area contributed by atoms with Crippen LogP contribution in [0.25, 0.3) is 0 Å². The van der Waals surface area contributed by atoms with Crippen LogP contribution in [0.2, 0.25) is 0 Å². The second kappa shape index (κ2) is 5.37. The molecule has 92 valence electrons. The number of nitrogens with zero attached hydrogens (tertiary/aromatic N) is 2. The number of aromatic nitrogens is 1. The Morgan fingerprint density at radius 3 is 3.00 bits per heavy atom. The van der Waals surface area contributed by atoms with E-state index in [9.17, 15) is 0 Å². The summed E-state index contributed by atoms with van der Waals surface area (Å²) < 4.78 is 2.24. The predicted molar refractivity (Wildman–Crippen MR) is 68.3 cm³/mol. The largest absolute Gasteiger partial charge is 0.353 e. The summed E-state index contributed by atoms with van der Waals surface area (Å²) in [5.74, 6) is 0. The molecule has 0 saturated heterocycles. The van der Waals surface area contributed by atoms with Gasteiger partial charge in [-0.05, 0) is 37.4 Å². The van der Waals surface area contributed by atoms with Gasteiger partial charge in [0.05, 0.1) is 6.07 Å². The Kier molecular flexibility index (Phi) is 3.86. The van der Waals surface area contributed by atoms with Crippen LogP contribution in [0.1, 0.15) is 38.2 Å². The van der Waals surface area contributed by atoms with Gasteiger partial charge >= 0.3 is 0 Å². The first-order valence-corrected chi connectivity index (χ1v) is 6.50. The molecule has 1 fully saturated rings. The fourth-order valence-corrected chi connectivity index (χ4v) is 2.23. The molecule has 0 spiro atoms. The summed E-state index contributed by atoms with van der Waals surface area (Å²) in [5, 5.41) is 12.2. The highest BCUT2D eigenvalue weighted by Crippen LogP contribution is 2.49. The van der Waals surface area contributed by atoms with Crippen LogP contribution in [-0.4, -0.2) is 11.1 Å². The zero-order chi connectivity index (χ0) is 12.1. The number of nitriles is 1. The van der Waals surface area contributed by atoms with Gasteiger partial charge < -0.3 is 9.88 Å². The lowest BCUT2D eigenvalue weighted by atomic mass is 10.0. The van der Waals surface area contributed by atoms with Crippen LogP contribution < -0.4 is 5.32 Å². The monoisotopic (exact) mass is 231 g/mol. The molecule has 3 nitrogen and oxygen atoms in total. The molecular formula is C14H21N3. The van der Waals surface area contributed by atoms with Crippen molar-refractivity contribution in [3.8, 4) is 6.07 Å². The van der Waals surface area contributed by atoms with Gasteiger partial charge in [0.25, 0.3) is 0 Å². The molecule has 17 heavy (non-hydrogen) atoms. The van der Waals surface area contributed by atoms with Crippen molar-refractivity contribution >= 4 is 0 Å². The molecule has 0 amide bonds. The molecule has 0 aliphatic heterocycles. The van der Waals surface area contributed by atoms with Gasteiger partial charge in [-0.25, -0.2) is 0 Å². The first-order valence-electron chi connectivity index (χ1n) is 6.50. The van der Waals surface area contributed by atoms with E-state index in [-0.39, 0.29) is 0 Å². The molecule has 1 aliphatic carbocycles. The summed E-state index contributed by atoms with van der Waals surface area (Å²) in [5.41, 5.74) is 1.63. The first kappa shape index (κ1) is 12.2. The highest BCUT2D eigenvalue weighted by molar-refractivity contribution is 5.11. The highest BCUT2D eigenvalue weighted by atomic mass is 15.0. The summed E-state index contributed by atoms with van der Waals surface area (Å²) in [7, 11) is 0. The number of hydrogen-bond acceptors (Lipinski definition) is 2. The molecule has 0 radical (unpaired) electrons. The van der Waals surface area contributed by atoms with Crippen LogP contribution in [0.5, 0.6) is 0 Å².